The van der Waals surface area contributed by atoms with Crippen molar-refractivity contribution in [1.29, 1.82) is 0 Å². The molecule has 0 aromatic carbocycles. The van der Waals surface area contributed by atoms with Crippen LogP contribution in [-0.4, -0.2) is 38.6 Å². The van der Waals surface area contributed by atoms with Crippen LogP contribution in [0.4, 0.5) is 5.82 Å². The molecule has 2 atom stereocenters. The Morgan fingerprint density at radius 2 is 2.30 bits per heavy atom. The number of ether oxygens (including phenoxy) is 1. The summed E-state index contributed by atoms with van der Waals surface area (Å²) in [5.41, 5.74) is 0.827. The van der Waals surface area contributed by atoms with E-state index in [1.807, 2.05) is 24.6 Å². The zero-order valence-corrected chi connectivity index (χ0v) is 13.4. The van der Waals surface area contributed by atoms with E-state index >= 15 is 0 Å². The average Bonchev–Trinajstić information content (AvgIpc) is 3.19. The van der Waals surface area contributed by atoms with Crippen LogP contribution < -0.4 is 5.32 Å². The van der Waals surface area contributed by atoms with E-state index in [-0.39, 0.29) is 11.9 Å². The Kier molecular flexibility index (Phi) is 4.66. The van der Waals surface area contributed by atoms with E-state index in [0.29, 0.717) is 24.8 Å². The largest absolute Gasteiger partial charge is 0.381 e. The Morgan fingerprint density at radius 1 is 1.43 bits per heavy atom. The van der Waals surface area contributed by atoms with Gasteiger partial charge >= 0.3 is 0 Å². The van der Waals surface area contributed by atoms with Crippen molar-refractivity contribution in [3.05, 3.63) is 36.3 Å². The molecular formula is C16H21N5O2. The standard InChI is InChI=1S/C16H21N5O2/c1-11(21-5-4-17-12(21)2)14-8-19-15(9-18-14)20-16(22)7-13-3-6-23-10-13/h4-5,8-9,11,13H,3,6-7,10H2,1-2H3,(H,19,20,22)/t11-,13+/m0/s1. The van der Waals surface area contributed by atoms with E-state index in [1.165, 1.54) is 0 Å². The molecule has 0 unspecified atom stereocenters. The Bertz CT molecular complexity index is 661. The van der Waals surface area contributed by atoms with Crippen molar-refractivity contribution < 1.29 is 9.53 Å². The van der Waals surface area contributed by atoms with Crippen LogP contribution in [0.1, 0.15) is 37.3 Å². The van der Waals surface area contributed by atoms with Crippen LogP contribution in [0.5, 0.6) is 0 Å². The maximum atomic E-state index is 12.0. The number of hydrogen-bond donors (Lipinski definition) is 1. The number of rotatable bonds is 5. The van der Waals surface area contributed by atoms with Gasteiger partial charge in [-0.15, -0.1) is 0 Å². The maximum Gasteiger partial charge on any atom is 0.225 e. The molecule has 2 aromatic rings. The molecule has 7 nitrogen and oxygen atoms in total. The predicted molar refractivity (Wildman–Crippen MR) is 85.0 cm³/mol. The highest BCUT2D eigenvalue weighted by Gasteiger charge is 2.19. The van der Waals surface area contributed by atoms with Crippen LogP contribution in [0.25, 0.3) is 0 Å². The van der Waals surface area contributed by atoms with Gasteiger partial charge in [-0.25, -0.2) is 9.97 Å². The highest BCUT2D eigenvalue weighted by atomic mass is 16.5. The number of nitrogens with zero attached hydrogens (tertiary/aromatic N) is 4. The van der Waals surface area contributed by atoms with Gasteiger partial charge in [0.25, 0.3) is 0 Å². The second-order valence-electron chi connectivity index (χ2n) is 5.87. The molecule has 1 amide bonds. The summed E-state index contributed by atoms with van der Waals surface area (Å²) in [6.07, 6.45) is 8.38. The summed E-state index contributed by atoms with van der Waals surface area (Å²) in [6, 6.07) is 0.0467. The van der Waals surface area contributed by atoms with Crippen molar-refractivity contribution in [3.63, 3.8) is 0 Å². The number of hydrogen-bond acceptors (Lipinski definition) is 5. The third-order valence-electron chi connectivity index (χ3n) is 4.14. The minimum Gasteiger partial charge on any atom is -0.381 e. The van der Waals surface area contributed by atoms with E-state index in [2.05, 4.69) is 20.3 Å². The Labute approximate surface area is 135 Å². The summed E-state index contributed by atoms with van der Waals surface area (Å²) in [5.74, 6) is 1.68. The molecule has 0 bridgehead atoms. The fraction of sp³-hybridized carbons (Fsp3) is 0.500. The second-order valence-corrected chi connectivity index (χ2v) is 5.87. The summed E-state index contributed by atoms with van der Waals surface area (Å²) in [6.45, 7) is 5.40. The summed E-state index contributed by atoms with van der Waals surface area (Å²) in [4.78, 5) is 24.9. The number of carbonyl (C=O) groups is 1. The van der Waals surface area contributed by atoms with Crippen molar-refractivity contribution >= 4 is 11.7 Å². The van der Waals surface area contributed by atoms with Crippen molar-refractivity contribution in [2.45, 2.75) is 32.7 Å². The molecule has 3 heterocycles. The van der Waals surface area contributed by atoms with Gasteiger partial charge in [-0.1, -0.05) is 0 Å². The third kappa shape index (κ3) is 3.73. The Morgan fingerprint density at radius 3 is 2.91 bits per heavy atom. The van der Waals surface area contributed by atoms with Gasteiger partial charge in [0.05, 0.1) is 24.1 Å². The molecule has 1 N–H and O–H groups in total. The predicted octanol–water partition coefficient (Wildman–Crippen LogP) is 1.96. The Hall–Kier alpha value is -2.28. The molecule has 23 heavy (non-hydrogen) atoms. The minimum atomic E-state index is -0.0407. The van der Waals surface area contributed by atoms with Crippen LogP contribution in [0, 0.1) is 12.8 Å². The average molecular weight is 315 g/mol. The van der Waals surface area contributed by atoms with E-state index in [4.69, 9.17) is 4.74 Å². The smallest absolute Gasteiger partial charge is 0.225 e. The van der Waals surface area contributed by atoms with E-state index in [0.717, 1.165) is 24.5 Å². The van der Waals surface area contributed by atoms with Crippen LogP contribution in [0.3, 0.4) is 0 Å². The van der Waals surface area contributed by atoms with Gasteiger partial charge in [0, 0.05) is 32.0 Å². The number of nitrogens with one attached hydrogen (secondary N) is 1. The topological polar surface area (TPSA) is 81.9 Å². The lowest BCUT2D eigenvalue weighted by molar-refractivity contribution is -0.117. The molecule has 0 saturated carbocycles. The molecule has 2 aromatic heterocycles. The van der Waals surface area contributed by atoms with Gasteiger partial charge in [0.15, 0.2) is 5.82 Å². The first-order chi connectivity index (χ1) is 11.1. The molecule has 3 rings (SSSR count). The molecule has 0 radical (unpaired) electrons. The molecule has 1 saturated heterocycles. The molecule has 1 aliphatic rings. The van der Waals surface area contributed by atoms with Crippen LogP contribution in [0.15, 0.2) is 24.8 Å². The van der Waals surface area contributed by atoms with Crippen LogP contribution in [0.2, 0.25) is 0 Å². The first kappa shape index (κ1) is 15.6. The van der Waals surface area contributed by atoms with E-state index in [9.17, 15) is 4.79 Å². The monoisotopic (exact) mass is 315 g/mol. The highest BCUT2D eigenvalue weighted by Crippen LogP contribution is 2.18. The van der Waals surface area contributed by atoms with Crippen molar-refractivity contribution in [2.24, 2.45) is 5.92 Å². The third-order valence-corrected chi connectivity index (χ3v) is 4.14. The number of aryl methyl sites for hydroxylation is 1. The fourth-order valence-corrected chi connectivity index (χ4v) is 2.76. The fourth-order valence-electron chi connectivity index (χ4n) is 2.76. The van der Waals surface area contributed by atoms with E-state index < -0.39 is 0 Å². The van der Waals surface area contributed by atoms with Crippen LogP contribution >= 0.6 is 0 Å². The summed E-state index contributed by atoms with van der Waals surface area (Å²) in [5, 5.41) is 2.79. The van der Waals surface area contributed by atoms with Crippen LogP contribution in [-0.2, 0) is 9.53 Å². The van der Waals surface area contributed by atoms with Gasteiger partial charge < -0.3 is 14.6 Å². The Balaban J connectivity index is 1.60. The second kappa shape index (κ2) is 6.87. The minimum absolute atomic E-state index is 0.0407. The molecule has 0 spiro atoms. The van der Waals surface area contributed by atoms with E-state index in [1.54, 1.807) is 18.6 Å². The summed E-state index contributed by atoms with van der Waals surface area (Å²) < 4.78 is 7.31. The lowest BCUT2D eigenvalue weighted by atomic mass is 10.1. The first-order valence-electron chi connectivity index (χ1n) is 7.82. The van der Waals surface area contributed by atoms with Gasteiger partial charge in [-0.05, 0) is 26.2 Å². The quantitative estimate of drug-likeness (QED) is 0.912. The zero-order valence-electron chi connectivity index (χ0n) is 13.4. The van der Waals surface area contributed by atoms with Crippen molar-refractivity contribution in [2.75, 3.05) is 18.5 Å². The van der Waals surface area contributed by atoms with Gasteiger partial charge in [-0.2, -0.15) is 0 Å². The van der Waals surface area contributed by atoms with Gasteiger partial charge in [0.2, 0.25) is 5.91 Å². The number of amides is 1. The highest BCUT2D eigenvalue weighted by molar-refractivity contribution is 5.89. The van der Waals surface area contributed by atoms with Crippen molar-refractivity contribution in [3.8, 4) is 0 Å². The SMILES string of the molecule is Cc1nccn1[C@@H](C)c1cnc(NC(=O)C[C@H]2CCOC2)cn1. The molecule has 7 heteroatoms. The first-order valence-corrected chi connectivity index (χ1v) is 7.82. The maximum absolute atomic E-state index is 12.0. The number of imidazole rings is 1. The number of anilines is 1. The zero-order chi connectivity index (χ0) is 16.2. The normalized spacial score (nSPS) is 18.8. The summed E-state index contributed by atoms with van der Waals surface area (Å²) in [7, 11) is 0. The van der Waals surface area contributed by atoms with Gasteiger partial charge in [-0.3, -0.25) is 9.78 Å². The number of aromatic nitrogens is 4. The molecule has 122 valence electrons. The molecule has 1 fully saturated rings. The lowest BCUT2D eigenvalue weighted by Crippen LogP contribution is -2.18. The summed E-state index contributed by atoms with van der Waals surface area (Å²) >= 11 is 0. The number of carbonyl (C=O) groups excluding carboxylic acids is 1. The lowest BCUT2D eigenvalue weighted by Gasteiger charge is -2.14. The molecule has 0 aliphatic carbocycles. The molecular weight excluding hydrogens is 294 g/mol. The molecule has 1 aliphatic heterocycles. The van der Waals surface area contributed by atoms with Gasteiger partial charge in [0.1, 0.15) is 5.82 Å². The van der Waals surface area contributed by atoms with Crippen molar-refractivity contribution in [1.82, 2.24) is 19.5 Å².